The quantitative estimate of drug-likeness (QED) is 0.680. The standard InChI is InChI=1S/C21H31N3O2S/c1-4-17(5-2)24(13-14-26-3)20(25)16-9-8-12-23(15-16)21-22-18-10-6-7-11-19(18)27-21/h6-7,10-11,16-17H,4-5,8-9,12-15H2,1-3H3. The molecule has 2 aromatic rings. The fourth-order valence-electron chi connectivity index (χ4n) is 3.97. The van der Waals surface area contributed by atoms with E-state index in [0.29, 0.717) is 19.2 Å². The third-order valence-corrected chi connectivity index (χ3v) is 6.62. The Kier molecular flexibility index (Phi) is 7.07. The SMILES string of the molecule is CCC(CC)N(CCOC)C(=O)C1CCCN(c2nc3ccccc3s2)C1. The fourth-order valence-corrected chi connectivity index (χ4v) is 4.97. The Hall–Kier alpha value is -1.66. The van der Waals surface area contributed by atoms with Gasteiger partial charge in [-0.2, -0.15) is 0 Å². The van der Waals surface area contributed by atoms with Gasteiger partial charge in [-0.15, -0.1) is 0 Å². The Morgan fingerprint density at radius 2 is 2.15 bits per heavy atom. The van der Waals surface area contributed by atoms with Gasteiger partial charge < -0.3 is 14.5 Å². The number of benzene rings is 1. The molecule has 5 nitrogen and oxygen atoms in total. The summed E-state index contributed by atoms with van der Waals surface area (Å²) in [4.78, 5) is 22.5. The molecule has 1 aliphatic rings. The zero-order chi connectivity index (χ0) is 19.2. The molecule has 1 aliphatic heterocycles. The van der Waals surface area contributed by atoms with Crippen LogP contribution in [0.1, 0.15) is 39.5 Å². The number of nitrogens with zero attached hydrogens (tertiary/aromatic N) is 3. The summed E-state index contributed by atoms with van der Waals surface area (Å²) in [7, 11) is 1.70. The molecule has 0 aliphatic carbocycles. The van der Waals surface area contributed by atoms with Crippen molar-refractivity contribution in [3.05, 3.63) is 24.3 Å². The molecule has 148 valence electrons. The number of hydrogen-bond acceptors (Lipinski definition) is 5. The number of carbonyl (C=O) groups is 1. The molecule has 0 bridgehead atoms. The molecule has 0 N–H and O–H groups in total. The van der Waals surface area contributed by atoms with E-state index in [-0.39, 0.29) is 11.8 Å². The lowest BCUT2D eigenvalue weighted by molar-refractivity contribution is -0.139. The maximum atomic E-state index is 13.3. The van der Waals surface area contributed by atoms with E-state index >= 15 is 0 Å². The topological polar surface area (TPSA) is 45.7 Å². The van der Waals surface area contributed by atoms with Crippen LogP contribution in [0.3, 0.4) is 0 Å². The van der Waals surface area contributed by atoms with E-state index in [4.69, 9.17) is 9.72 Å². The Bertz CT molecular complexity index is 711. The number of thiazole rings is 1. The minimum absolute atomic E-state index is 0.0446. The number of ether oxygens (including phenoxy) is 1. The monoisotopic (exact) mass is 389 g/mol. The maximum absolute atomic E-state index is 13.3. The first-order valence-electron chi connectivity index (χ1n) is 10.1. The second-order valence-electron chi connectivity index (χ2n) is 7.24. The summed E-state index contributed by atoms with van der Waals surface area (Å²) in [5.74, 6) is 0.328. The Labute approximate surface area is 166 Å². The zero-order valence-electron chi connectivity index (χ0n) is 16.7. The minimum atomic E-state index is 0.0446. The van der Waals surface area contributed by atoms with E-state index in [1.807, 2.05) is 6.07 Å². The molecule has 1 unspecified atom stereocenters. The van der Waals surface area contributed by atoms with Crippen molar-refractivity contribution in [3.8, 4) is 0 Å². The van der Waals surface area contributed by atoms with Crippen molar-refractivity contribution in [2.45, 2.75) is 45.6 Å². The number of para-hydroxylation sites is 1. The van der Waals surface area contributed by atoms with E-state index in [1.165, 1.54) is 4.70 Å². The highest BCUT2D eigenvalue weighted by atomic mass is 32.1. The molecular weight excluding hydrogens is 358 g/mol. The third-order valence-electron chi connectivity index (χ3n) is 5.53. The molecule has 1 amide bonds. The van der Waals surface area contributed by atoms with E-state index < -0.39 is 0 Å². The number of carbonyl (C=O) groups excluding carboxylic acids is 1. The fraction of sp³-hybridized carbons (Fsp3) is 0.619. The highest BCUT2D eigenvalue weighted by molar-refractivity contribution is 7.22. The highest BCUT2D eigenvalue weighted by Crippen LogP contribution is 2.32. The molecule has 27 heavy (non-hydrogen) atoms. The average molecular weight is 390 g/mol. The van der Waals surface area contributed by atoms with Crippen molar-refractivity contribution in [1.29, 1.82) is 0 Å². The van der Waals surface area contributed by atoms with E-state index in [2.05, 4.69) is 41.8 Å². The average Bonchev–Trinajstić information content (AvgIpc) is 3.15. The largest absolute Gasteiger partial charge is 0.383 e. The third kappa shape index (κ3) is 4.61. The number of fused-ring (bicyclic) bond motifs is 1. The first kappa shape index (κ1) is 20.1. The number of aromatic nitrogens is 1. The summed E-state index contributed by atoms with van der Waals surface area (Å²) < 4.78 is 6.47. The van der Waals surface area contributed by atoms with Crippen LogP contribution in [0, 0.1) is 5.92 Å². The van der Waals surface area contributed by atoms with Crippen LogP contribution >= 0.6 is 11.3 Å². The molecule has 2 heterocycles. The summed E-state index contributed by atoms with van der Waals surface area (Å²) in [6, 6.07) is 8.54. The smallest absolute Gasteiger partial charge is 0.227 e. The maximum Gasteiger partial charge on any atom is 0.227 e. The van der Waals surface area contributed by atoms with Crippen LogP contribution in [0.5, 0.6) is 0 Å². The van der Waals surface area contributed by atoms with Crippen LogP contribution in [0.2, 0.25) is 0 Å². The van der Waals surface area contributed by atoms with Gasteiger partial charge in [0.15, 0.2) is 5.13 Å². The molecule has 0 radical (unpaired) electrons. The van der Waals surface area contributed by atoms with Crippen molar-refractivity contribution in [3.63, 3.8) is 0 Å². The van der Waals surface area contributed by atoms with Crippen LogP contribution in [-0.2, 0) is 9.53 Å². The number of methoxy groups -OCH3 is 1. The van der Waals surface area contributed by atoms with Crippen molar-refractivity contribution >= 4 is 32.6 Å². The summed E-state index contributed by atoms with van der Waals surface area (Å²) in [5.41, 5.74) is 1.05. The highest BCUT2D eigenvalue weighted by Gasteiger charge is 2.32. The van der Waals surface area contributed by atoms with Crippen molar-refractivity contribution in [2.75, 3.05) is 38.3 Å². The van der Waals surface area contributed by atoms with Crippen LogP contribution in [0.4, 0.5) is 5.13 Å². The molecule has 0 spiro atoms. The number of anilines is 1. The van der Waals surface area contributed by atoms with E-state index in [0.717, 1.165) is 49.4 Å². The van der Waals surface area contributed by atoms with Crippen LogP contribution in [-0.4, -0.2) is 55.2 Å². The van der Waals surface area contributed by atoms with E-state index in [1.54, 1.807) is 18.4 Å². The summed E-state index contributed by atoms with van der Waals surface area (Å²) in [6.07, 6.45) is 3.97. The van der Waals surface area contributed by atoms with Crippen LogP contribution in [0.25, 0.3) is 10.2 Å². The van der Waals surface area contributed by atoms with Crippen molar-refractivity contribution < 1.29 is 9.53 Å². The normalized spacial score (nSPS) is 17.6. The van der Waals surface area contributed by atoms with Gasteiger partial charge in [0, 0.05) is 32.8 Å². The predicted octanol–water partition coefficient (Wildman–Crippen LogP) is 4.18. The number of amides is 1. The first-order valence-corrected chi connectivity index (χ1v) is 10.9. The molecule has 1 fully saturated rings. The molecule has 1 saturated heterocycles. The zero-order valence-corrected chi connectivity index (χ0v) is 17.5. The minimum Gasteiger partial charge on any atom is -0.383 e. The van der Waals surface area contributed by atoms with Crippen LogP contribution < -0.4 is 4.90 Å². The number of piperidine rings is 1. The van der Waals surface area contributed by atoms with Crippen molar-refractivity contribution in [1.82, 2.24) is 9.88 Å². The van der Waals surface area contributed by atoms with Gasteiger partial charge in [-0.3, -0.25) is 4.79 Å². The van der Waals surface area contributed by atoms with Gasteiger partial charge >= 0.3 is 0 Å². The van der Waals surface area contributed by atoms with Crippen LogP contribution in [0.15, 0.2) is 24.3 Å². The summed E-state index contributed by atoms with van der Waals surface area (Å²) in [6.45, 7) is 7.34. The lowest BCUT2D eigenvalue weighted by Crippen LogP contribution is -2.49. The second-order valence-corrected chi connectivity index (χ2v) is 8.25. The number of rotatable bonds is 8. The van der Waals surface area contributed by atoms with Gasteiger partial charge in [-0.25, -0.2) is 4.98 Å². The van der Waals surface area contributed by atoms with Crippen molar-refractivity contribution in [2.24, 2.45) is 5.92 Å². The molecule has 6 heteroatoms. The number of hydrogen-bond donors (Lipinski definition) is 0. The Morgan fingerprint density at radius 1 is 1.37 bits per heavy atom. The Morgan fingerprint density at radius 3 is 2.85 bits per heavy atom. The van der Waals surface area contributed by atoms with Gasteiger partial charge in [-0.1, -0.05) is 37.3 Å². The first-order chi connectivity index (χ1) is 13.2. The van der Waals surface area contributed by atoms with Gasteiger partial charge in [0.1, 0.15) is 0 Å². The lowest BCUT2D eigenvalue weighted by Gasteiger charge is -2.37. The molecule has 0 saturated carbocycles. The molecule has 1 atom stereocenters. The lowest BCUT2D eigenvalue weighted by atomic mass is 9.95. The molecule has 1 aromatic heterocycles. The summed E-state index contributed by atoms with van der Waals surface area (Å²) in [5, 5.41) is 1.04. The van der Waals surface area contributed by atoms with Gasteiger partial charge in [0.05, 0.1) is 22.7 Å². The Balaban J connectivity index is 1.74. The van der Waals surface area contributed by atoms with E-state index in [9.17, 15) is 4.79 Å². The predicted molar refractivity (Wildman–Crippen MR) is 113 cm³/mol. The molecular formula is C21H31N3O2S. The summed E-state index contributed by atoms with van der Waals surface area (Å²) >= 11 is 1.73. The second kappa shape index (κ2) is 9.51. The van der Waals surface area contributed by atoms with Gasteiger partial charge in [0.25, 0.3) is 0 Å². The van der Waals surface area contributed by atoms with Gasteiger partial charge in [-0.05, 0) is 37.8 Å². The molecule has 3 rings (SSSR count). The molecule has 1 aromatic carbocycles. The van der Waals surface area contributed by atoms with Gasteiger partial charge in [0.2, 0.25) is 5.91 Å².